The third-order valence-corrected chi connectivity index (χ3v) is 6.28. The molecule has 1 unspecified atom stereocenters. The summed E-state index contributed by atoms with van der Waals surface area (Å²) in [6.07, 6.45) is 1.77. The number of hydroxylamine groups is 1. The van der Waals surface area contributed by atoms with Gasteiger partial charge in [0.1, 0.15) is 4.90 Å². The van der Waals surface area contributed by atoms with E-state index in [-0.39, 0.29) is 27.5 Å². The lowest BCUT2D eigenvalue weighted by Gasteiger charge is -2.32. The smallest absolute Gasteiger partial charge is 0.266 e. The number of hydrogen-bond donors (Lipinski definition) is 0. The number of carbonyl (C=O) groups is 1. The predicted molar refractivity (Wildman–Crippen MR) is 94.0 cm³/mol. The molecule has 9 heteroatoms. The normalized spacial score (nSPS) is 18.6. The number of carbonyl (C=O) groups excluding carboxylic acids is 1. The van der Waals surface area contributed by atoms with Crippen molar-refractivity contribution in [2.45, 2.75) is 30.8 Å². The molecule has 1 amide bonds. The molecule has 0 bridgehead atoms. The monoisotopic (exact) mass is 390 g/mol. The van der Waals surface area contributed by atoms with Crippen LogP contribution >= 0.6 is 11.6 Å². The molecule has 2 rings (SSSR count). The number of likely N-dealkylation sites (tertiary alicyclic amines) is 1. The van der Waals surface area contributed by atoms with Gasteiger partial charge in [-0.05, 0) is 38.0 Å². The molecule has 0 aromatic heterocycles. The molecule has 7 nitrogen and oxygen atoms in total. The molecule has 1 saturated heterocycles. The second-order valence-corrected chi connectivity index (χ2v) is 8.02. The van der Waals surface area contributed by atoms with Crippen LogP contribution in [-0.4, -0.2) is 63.7 Å². The first-order valence-electron chi connectivity index (χ1n) is 8.04. The Morgan fingerprint density at radius 1 is 1.44 bits per heavy atom. The molecule has 1 aliphatic rings. The lowest BCUT2D eigenvalue weighted by Crippen LogP contribution is -2.43. The lowest BCUT2D eigenvalue weighted by atomic mass is 10.1. The van der Waals surface area contributed by atoms with Crippen LogP contribution in [0.4, 0.5) is 0 Å². The minimum atomic E-state index is -3.94. The van der Waals surface area contributed by atoms with E-state index in [1.54, 1.807) is 4.90 Å². The van der Waals surface area contributed by atoms with Crippen molar-refractivity contribution in [1.29, 1.82) is 0 Å². The van der Waals surface area contributed by atoms with Crippen LogP contribution in [0.25, 0.3) is 0 Å². The van der Waals surface area contributed by atoms with E-state index in [4.69, 9.17) is 21.2 Å². The summed E-state index contributed by atoms with van der Waals surface area (Å²) in [6.45, 7) is 3.63. The summed E-state index contributed by atoms with van der Waals surface area (Å²) in [7, 11) is -1.44. The molecule has 1 aromatic carbocycles. The number of sulfonamides is 1. The van der Waals surface area contributed by atoms with Crippen LogP contribution in [0.3, 0.4) is 0 Å². The molecule has 0 spiro atoms. The summed E-state index contributed by atoms with van der Waals surface area (Å²) in [5, 5.41) is 0.0336. The number of piperidine rings is 1. The highest BCUT2D eigenvalue weighted by Gasteiger charge is 2.28. The maximum absolute atomic E-state index is 12.8. The van der Waals surface area contributed by atoms with Crippen molar-refractivity contribution in [3.05, 3.63) is 28.8 Å². The van der Waals surface area contributed by atoms with E-state index < -0.39 is 10.0 Å². The first-order valence-corrected chi connectivity index (χ1v) is 9.86. The van der Waals surface area contributed by atoms with Gasteiger partial charge in [-0.2, -0.15) is 0 Å². The molecule has 1 aliphatic heterocycles. The van der Waals surface area contributed by atoms with Gasteiger partial charge in [-0.1, -0.05) is 16.1 Å². The molecule has 0 aliphatic carbocycles. The quantitative estimate of drug-likeness (QED) is 0.696. The van der Waals surface area contributed by atoms with Gasteiger partial charge in [0.05, 0.1) is 18.2 Å². The first kappa shape index (κ1) is 20.1. The molecular formula is C16H23ClN2O5S. The Balaban J connectivity index is 2.28. The minimum absolute atomic E-state index is 0.0119. The van der Waals surface area contributed by atoms with E-state index >= 15 is 0 Å². The minimum Gasteiger partial charge on any atom is -0.377 e. The van der Waals surface area contributed by atoms with Crippen molar-refractivity contribution >= 4 is 27.5 Å². The molecule has 1 aromatic rings. The summed E-state index contributed by atoms with van der Waals surface area (Å²) in [5.74, 6) is -0.238. The number of benzene rings is 1. The Hall–Kier alpha value is -1.19. The van der Waals surface area contributed by atoms with Crippen molar-refractivity contribution in [2.75, 3.05) is 33.9 Å². The summed E-state index contributed by atoms with van der Waals surface area (Å²) < 4.78 is 31.2. The Kier molecular flexibility index (Phi) is 6.81. The van der Waals surface area contributed by atoms with Gasteiger partial charge in [0.2, 0.25) is 0 Å². The Morgan fingerprint density at radius 3 is 2.80 bits per heavy atom. The van der Waals surface area contributed by atoms with Gasteiger partial charge in [0.15, 0.2) is 0 Å². The van der Waals surface area contributed by atoms with Crippen LogP contribution < -0.4 is 0 Å². The van der Waals surface area contributed by atoms with Crippen molar-refractivity contribution in [3.63, 3.8) is 0 Å². The Bertz CT molecular complexity index is 723. The summed E-state index contributed by atoms with van der Waals surface area (Å²) >= 11 is 6.03. The fraction of sp³-hybridized carbons (Fsp3) is 0.562. The third kappa shape index (κ3) is 4.51. The van der Waals surface area contributed by atoms with Gasteiger partial charge in [0, 0.05) is 32.3 Å². The second kappa shape index (κ2) is 8.46. The molecular weight excluding hydrogens is 368 g/mol. The van der Waals surface area contributed by atoms with Gasteiger partial charge < -0.3 is 9.64 Å². The number of halogens is 1. The fourth-order valence-corrected chi connectivity index (χ4v) is 4.22. The molecule has 1 heterocycles. The zero-order chi connectivity index (χ0) is 18.6. The van der Waals surface area contributed by atoms with Crippen LogP contribution in [0.5, 0.6) is 0 Å². The third-order valence-electron chi connectivity index (χ3n) is 4.12. The van der Waals surface area contributed by atoms with E-state index in [0.717, 1.165) is 12.8 Å². The highest BCUT2D eigenvalue weighted by Crippen LogP contribution is 2.26. The largest absolute Gasteiger partial charge is 0.377 e. The van der Waals surface area contributed by atoms with E-state index in [9.17, 15) is 13.2 Å². The number of rotatable bonds is 6. The van der Waals surface area contributed by atoms with Crippen LogP contribution in [0.2, 0.25) is 5.02 Å². The molecule has 1 atom stereocenters. The predicted octanol–water partition coefficient (Wildman–Crippen LogP) is 2.16. The average Bonchev–Trinajstić information content (AvgIpc) is 2.61. The molecule has 0 saturated carbocycles. The highest BCUT2D eigenvalue weighted by atomic mass is 35.5. The van der Waals surface area contributed by atoms with Gasteiger partial charge in [-0.3, -0.25) is 9.63 Å². The van der Waals surface area contributed by atoms with Crippen molar-refractivity contribution in [3.8, 4) is 0 Å². The molecule has 1 fully saturated rings. The summed E-state index contributed by atoms with van der Waals surface area (Å²) in [6, 6.07) is 4.23. The van der Waals surface area contributed by atoms with Crippen molar-refractivity contribution < 1.29 is 22.8 Å². The van der Waals surface area contributed by atoms with E-state index in [1.165, 1.54) is 32.4 Å². The maximum Gasteiger partial charge on any atom is 0.266 e. The topological polar surface area (TPSA) is 76.2 Å². The van der Waals surface area contributed by atoms with Crippen LogP contribution in [-0.2, 0) is 19.6 Å². The standard InChI is InChI=1S/C16H23ClN2O5S/c1-4-24-13-6-5-9-19(11-13)16(20)12-7-8-14(17)15(10-12)25(21,22)18(2)23-3/h7-8,10,13H,4-6,9,11H2,1-3H3. The highest BCUT2D eigenvalue weighted by molar-refractivity contribution is 7.89. The number of amides is 1. The molecule has 0 N–H and O–H groups in total. The van der Waals surface area contributed by atoms with Crippen molar-refractivity contribution in [2.24, 2.45) is 0 Å². The zero-order valence-corrected chi connectivity index (χ0v) is 16.1. The van der Waals surface area contributed by atoms with Gasteiger partial charge in [-0.25, -0.2) is 8.42 Å². The maximum atomic E-state index is 12.8. The Labute approximate surface area is 153 Å². The summed E-state index contributed by atoms with van der Waals surface area (Å²) in [5.41, 5.74) is 0.268. The van der Waals surface area contributed by atoms with Crippen LogP contribution in [0, 0.1) is 0 Å². The molecule has 25 heavy (non-hydrogen) atoms. The summed E-state index contributed by atoms with van der Waals surface area (Å²) in [4.78, 5) is 19.0. The number of ether oxygens (including phenoxy) is 1. The zero-order valence-electron chi connectivity index (χ0n) is 14.6. The SMILES string of the molecule is CCOC1CCCN(C(=O)c2ccc(Cl)c(S(=O)(=O)N(C)OC)c2)C1. The fourth-order valence-electron chi connectivity index (χ4n) is 2.75. The first-order chi connectivity index (χ1) is 11.8. The molecule has 140 valence electrons. The second-order valence-electron chi connectivity index (χ2n) is 5.71. The van der Waals surface area contributed by atoms with Gasteiger partial charge in [0.25, 0.3) is 15.9 Å². The van der Waals surface area contributed by atoms with E-state index in [2.05, 4.69) is 0 Å². The number of hydrogen-bond acceptors (Lipinski definition) is 5. The number of nitrogens with zero attached hydrogens (tertiary/aromatic N) is 2. The van der Waals surface area contributed by atoms with Gasteiger partial charge >= 0.3 is 0 Å². The Morgan fingerprint density at radius 2 is 2.16 bits per heavy atom. The van der Waals surface area contributed by atoms with E-state index in [0.29, 0.717) is 24.2 Å². The van der Waals surface area contributed by atoms with Crippen molar-refractivity contribution in [1.82, 2.24) is 9.37 Å². The van der Waals surface area contributed by atoms with E-state index in [1.807, 2.05) is 6.92 Å². The van der Waals surface area contributed by atoms with Gasteiger partial charge in [-0.15, -0.1) is 0 Å². The van der Waals surface area contributed by atoms with Crippen LogP contribution in [0.15, 0.2) is 23.1 Å². The average molecular weight is 391 g/mol. The molecule has 0 radical (unpaired) electrons. The lowest BCUT2D eigenvalue weighted by molar-refractivity contribution is -0.0258. The van der Waals surface area contributed by atoms with Crippen LogP contribution in [0.1, 0.15) is 30.1 Å².